The number of benzene rings is 1. The van der Waals surface area contributed by atoms with Gasteiger partial charge >= 0.3 is 0 Å². The van der Waals surface area contributed by atoms with Crippen LogP contribution >= 0.6 is 15.9 Å². The number of anilines is 2. The second-order valence-electron chi connectivity index (χ2n) is 4.44. The summed E-state index contributed by atoms with van der Waals surface area (Å²) in [5.74, 6) is 0.715. The molecule has 3 rings (SSSR count). The molecule has 0 saturated carbocycles. The molecule has 0 fully saturated rings. The van der Waals surface area contributed by atoms with Crippen molar-refractivity contribution in [3.05, 3.63) is 41.0 Å². The summed E-state index contributed by atoms with van der Waals surface area (Å²) in [6, 6.07) is 5.89. The third-order valence-corrected chi connectivity index (χ3v) is 3.42. The highest BCUT2D eigenvalue weighted by atomic mass is 79.9. The van der Waals surface area contributed by atoms with Crippen molar-refractivity contribution in [2.45, 2.75) is 6.54 Å². The number of nitrogen functional groups attached to an aromatic ring is 1. The normalized spacial score (nSPS) is 10.9. The minimum absolute atomic E-state index is 0.511. The Kier molecular flexibility index (Phi) is 3.27. The smallest absolute Gasteiger partial charge is 0.169 e. The molecule has 1 aromatic carbocycles. The molecule has 3 aromatic rings. The molecule has 3 N–H and O–H groups in total. The lowest BCUT2D eigenvalue weighted by Gasteiger charge is -2.11. The van der Waals surface area contributed by atoms with Crippen molar-refractivity contribution in [1.82, 2.24) is 19.7 Å². The molecule has 0 saturated heterocycles. The Hall–Kier alpha value is -2.15. The van der Waals surface area contributed by atoms with Gasteiger partial charge in [-0.15, -0.1) is 0 Å². The Morgan fingerprint density at radius 1 is 1.35 bits per heavy atom. The van der Waals surface area contributed by atoms with Crippen LogP contribution in [0.15, 0.2) is 35.2 Å². The van der Waals surface area contributed by atoms with Crippen LogP contribution in [0, 0.1) is 0 Å². The van der Waals surface area contributed by atoms with Gasteiger partial charge < -0.3 is 11.1 Å². The number of halogens is 1. The summed E-state index contributed by atoms with van der Waals surface area (Å²) in [6.07, 6.45) is 3.33. The first-order valence-electron chi connectivity index (χ1n) is 6.05. The lowest BCUT2D eigenvalue weighted by atomic mass is 10.1. The van der Waals surface area contributed by atoms with Crippen LogP contribution in [0.25, 0.3) is 10.9 Å². The highest BCUT2D eigenvalue weighted by Gasteiger charge is 2.08. The van der Waals surface area contributed by atoms with E-state index in [1.54, 1.807) is 17.2 Å². The summed E-state index contributed by atoms with van der Waals surface area (Å²) in [6.45, 7) is 0.511. The van der Waals surface area contributed by atoms with Crippen LogP contribution in [-0.2, 0) is 13.6 Å². The van der Waals surface area contributed by atoms with E-state index in [0.717, 1.165) is 21.1 Å². The van der Waals surface area contributed by atoms with Gasteiger partial charge in [0, 0.05) is 16.9 Å². The zero-order chi connectivity index (χ0) is 14.1. The fraction of sp³-hybridized carbons (Fsp3) is 0.154. The third kappa shape index (κ3) is 2.44. The van der Waals surface area contributed by atoms with Crippen LogP contribution in [0.3, 0.4) is 0 Å². The van der Waals surface area contributed by atoms with Crippen molar-refractivity contribution in [2.24, 2.45) is 7.05 Å². The Labute approximate surface area is 124 Å². The van der Waals surface area contributed by atoms with Crippen LogP contribution in [0.5, 0.6) is 0 Å². The van der Waals surface area contributed by atoms with E-state index in [-0.39, 0.29) is 0 Å². The van der Waals surface area contributed by atoms with Crippen molar-refractivity contribution < 1.29 is 0 Å². The summed E-state index contributed by atoms with van der Waals surface area (Å²) >= 11 is 3.47. The van der Waals surface area contributed by atoms with Gasteiger partial charge in [-0.3, -0.25) is 9.67 Å². The fourth-order valence-corrected chi connectivity index (χ4v) is 2.37. The van der Waals surface area contributed by atoms with Gasteiger partial charge in [-0.25, -0.2) is 4.98 Å². The van der Waals surface area contributed by atoms with Crippen molar-refractivity contribution >= 4 is 38.2 Å². The monoisotopic (exact) mass is 332 g/mol. The zero-order valence-corrected chi connectivity index (χ0v) is 12.4. The number of fused-ring (bicyclic) bond motifs is 1. The summed E-state index contributed by atoms with van der Waals surface area (Å²) in [5, 5.41) is 8.49. The van der Waals surface area contributed by atoms with E-state index in [2.05, 4.69) is 36.3 Å². The van der Waals surface area contributed by atoms with Crippen LogP contribution in [0.1, 0.15) is 5.82 Å². The molecule has 7 heteroatoms. The summed E-state index contributed by atoms with van der Waals surface area (Å²) in [7, 11) is 1.84. The molecule has 0 unspecified atom stereocenters. The number of hydrogen-bond donors (Lipinski definition) is 2. The molecule has 0 radical (unpaired) electrons. The predicted octanol–water partition coefficient (Wildman–Crippen LogP) is 2.32. The first-order chi connectivity index (χ1) is 9.63. The lowest BCUT2D eigenvalue weighted by molar-refractivity contribution is 0.747. The molecule has 0 aliphatic heterocycles. The van der Waals surface area contributed by atoms with Crippen molar-refractivity contribution in [3.63, 3.8) is 0 Å². The molecule has 102 valence electrons. The van der Waals surface area contributed by atoms with Crippen LogP contribution < -0.4 is 11.1 Å². The highest BCUT2D eigenvalue weighted by molar-refractivity contribution is 9.10. The van der Waals surface area contributed by atoms with Gasteiger partial charge in [0.05, 0.1) is 29.6 Å². The van der Waals surface area contributed by atoms with Gasteiger partial charge in [-0.1, -0.05) is 15.9 Å². The van der Waals surface area contributed by atoms with Gasteiger partial charge in [0.15, 0.2) is 5.82 Å². The summed E-state index contributed by atoms with van der Waals surface area (Å²) in [4.78, 5) is 8.50. The number of aryl methyl sites for hydroxylation is 1. The number of pyridine rings is 1. The van der Waals surface area contributed by atoms with Crippen LogP contribution in [-0.4, -0.2) is 19.7 Å². The van der Waals surface area contributed by atoms with Crippen LogP contribution in [0.4, 0.5) is 11.4 Å². The van der Waals surface area contributed by atoms with E-state index in [9.17, 15) is 0 Å². The van der Waals surface area contributed by atoms with Crippen molar-refractivity contribution in [1.29, 1.82) is 0 Å². The maximum absolute atomic E-state index is 6.02. The molecule has 0 bridgehead atoms. The van der Waals surface area contributed by atoms with Gasteiger partial charge in [0.1, 0.15) is 6.33 Å². The van der Waals surface area contributed by atoms with Gasteiger partial charge in [0.25, 0.3) is 0 Å². The van der Waals surface area contributed by atoms with Crippen molar-refractivity contribution in [2.75, 3.05) is 11.1 Å². The molecule has 20 heavy (non-hydrogen) atoms. The molecule has 2 heterocycles. The number of nitrogens with two attached hydrogens (primary N) is 1. The number of rotatable bonds is 3. The van der Waals surface area contributed by atoms with E-state index in [1.807, 2.05) is 25.2 Å². The standard InChI is InChI=1S/C13H13BrN6/c1-20-7-18-12(19-20)6-17-13-9-4-8(14)2-3-11(9)16-5-10(13)15/h2-5,7H,6,15H2,1H3,(H,16,17). The first-order valence-corrected chi connectivity index (χ1v) is 6.85. The quantitative estimate of drug-likeness (QED) is 0.769. The Morgan fingerprint density at radius 2 is 2.20 bits per heavy atom. The van der Waals surface area contributed by atoms with Crippen LogP contribution in [0.2, 0.25) is 0 Å². The zero-order valence-electron chi connectivity index (χ0n) is 10.8. The molecule has 2 aromatic heterocycles. The third-order valence-electron chi connectivity index (χ3n) is 2.93. The van der Waals surface area contributed by atoms with Gasteiger partial charge in [0.2, 0.25) is 0 Å². The first kappa shape index (κ1) is 12.9. The van der Waals surface area contributed by atoms with Gasteiger partial charge in [-0.2, -0.15) is 5.10 Å². The molecule has 0 atom stereocenters. The second kappa shape index (κ2) is 5.09. The van der Waals surface area contributed by atoms with Gasteiger partial charge in [-0.05, 0) is 18.2 Å². The maximum Gasteiger partial charge on any atom is 0.169 e. The predicted molar refractivity (Wildman–Crippen MR) is 82.2 cm³/mol. The molecule has 0 spiro atoms. The Morgan fingerprint density at radius 3 is 2.95 bits per heavy atom. The summed E-state index contributed by atoms with van der Waals surface area (Å²) < 4.78 is 2.65. The number of aromatic nitrogens is 4. The topological polar surface area (TPSA) is 81.7 Å². The fourth-order valence-electron chi connectivity index (χ4n) is 2.01. The molecule has 0 amide bonds. The minimum Gasteiger partial charge on any atom is -0.396 e. The SMILES string of the molecule is Cn1cnc(CNc2c(N)cnc3ccc(Br)cc23)n1. The summed E-state index contributed by atoms with van der Waals surface area (Å²) in [5.41, 5.74) is 8.36. The molecule has 0 aliphatic rings. The lowest BCUT2D eigenvalue weighted by Crippen LogP contribution is -2.05. The maximum atomic E-state index is 6.02. The second-order valence-corrected chi connectivity index (χ2v) is 5.35. The molecule has 0 aliphatic carbocycles. The molecular formula is C13H13BrN6. The highest BCUT2D eigenvalue weighted by Crippen LogP contribution is 2.30. The molecule has 6 nitrogen and oxygen atoms in total. The Balaban J connectivity index is 1.97. The van der Waals surface area contributed by atoms with E-state index in [0.29, 0.717) is 18.1 Å². The number of hydrogen-bond acceptors (Lipinski definition) is 5. The average molecular weight is 333 g/mol. The minimum atomic E-state index is 0.511. The average Bonchev–Trinajstić information content (AvgIpc) is 2.83. The van der Waals surface area contributed by atoms with E-state index in [1.165, 1.54) is 0 Å². The number of nitrogens with zero attached hydrogens (tertiary/aromatic N) is 4. The van der Waals surface area contributed by atoms with Crippen molar-refractivity contribution in [3.8, 4) is 0 Å². The van der Waals surface area contributed by atoms with E-state index < -0.39 is 0 Å². The Bertz CT molecular complexity index is 761. The number of nitrogens with one attached hydrogen (secondary N) is 1. The van der Waals surface area contributed by atoms with E-state index >= 15 is 0 Å². The largest absolute Gasteiger partial charge is 0.396 e. The van der Waals surface area contributed by atoms with E-state index in [4.69, 9.17) is 5.73 Å². The molecular weight excluding hydrogens is 320 g/mol.